The Kier molecular flexibility index (Phi) is 2.72. The maximum atomic E-state index is 5.87. The lowest BCUT2D eigenvalue weighted by Crippen LogP contribution is -1.96. The van der Waals surface area contributed by atoms with Gasteiger partial charge in [0, 0.05) is 23.5 Å². The average molecular weight is 215 g/mol. The molecule has 0 fully saturated rings. The molecule has 4 nitrogen and oxygen atoms in total. The Morgan fingerprint density at radius 2 is 2.12 bits per heavy atom. The van der Waals surface area contributed by atoms with E-state index >= 15 is 0 Å². The second-order valence-electron chi connectivity index (χ2n) is 3.50. The predicted molar refractivity (Wildman–Crippen MR) is 63.2 cm³/mol. The zero-order valence-corrected chi connectivity index (χ0v) is 9.27. The summed E-state index contributed by atoms with van der Waals surface area (Å²) >= 11 is 0. The Morgan fingerprint density at radius 1 is 1.31 bits per heavy atom. The lowest BCUT2D eigenvalue weighted by Gasteiger charge is -2.09. The van der Waals surface area contributed by atoms with Crippen molar-refractivity contribution < 1.29 is 4.74 Å². The van der Waals surface area contributed by atoms with Crippen LogP contribution in [0.5, 0.6) is 5.75 Å². The molecule has 0 spiro atoms. The molecule has 2 rings (SSSR count). The summed E-state index contributed by atoms with van der Waals surface area (Å²) in [6, 6.07) is 3.82. The van der Waals surface area contributed by atoms with Crippen molar-refractivity contribution in [3.8, 4) is 16.9 Å². The van der Waals surface area contributed by atoms with Crippen LogP contribution in [0.4, 0.5) is 5.82 Å². The minimum absolute atomic E-state index is 0.509. The Bertz CT molecular complexity index is 491. The van der Waals surface area contributed by atoms with E-state index in [9.17, 15) is 0 Å². The van der Waals surface area contributed by atoms with Crippen molar-refractivity contribution in [1.82, 2.24) is 9.97 Å². The maximum absolute atomic E-state index is 5.87. The van der Waals surface area contributed by atoms with Crippen LogP contribution in [0, 0.1) is 6.92 Å². The lowest BCUT2D eigenvalue weighted by molar-refractivity contribution is 0.413. The number of methoxy groups -OCH3 is 1. The molecule has 0 amide bonds. The summed E-state index contributed by atoms with van der Waals surface area (Å²) in [5, 5.41) is 0. The summed E-state index contributed by atoms with van der Waals surface area (Å²) in [5.74, 6) is 1.22. The number of ether oxygens (including phenoxy) is 1. The first-order valence-corrected chi connectivity index (χ1v) is 4.93. The minimum Gasteiger partial charge on any atom is -0.495 e. The van der Waals surface area contributed by atoms with Gasteiger partial charge in [0.15, 0.2) is 0 Å². The highest BCUT2D eigenvalue weighted by Crippen LogP contribution is 2.29. The number of nitrogens with zero attached hydrogens (tertiary/aromatic N) is 2. The first-order valence-electron chi connectivity index (χ1n) is 4.93. The molecule has 0 aliphatic heterocycles. The summed E-state index contributed by atoms with van der Waals surface area (Å²) < 4.78 is 5.13. The molecule has 2 heterocycles. The van der Waals surface area contributed by atoms with E-state index in [1.54, 1.807) is 25.7 Å². The quantitative estimate of drug-likeness (QED) is 0.832. The van der Waals surface area contributed by atoms with Crippen LogP contribution in [0.1, 0.15) is 5.56 Å². The van der Waals surface area contributed by atoms with Crippen LogP contribution >= 0.6 is 0 Å². The van der Waals surface area contributed by atoms with E-state index in [1.807, 2.05) is 19.1 Å². The number of nitrogen functional groups attached to an aromatic ring is 1. The van der Waals surface area contributed by atoms with E-state index in [4.69, 9.17) is 10.5 Å². The number of nitrogens with two attached hydrogens (primary N) is 1. The molecular weight excluding hydrogens is 202 g/mol. The number of rotatable bonds is 2. The topological polar surface area (TPSA) is 61.0 Å². The fraction of sp³-hybridized carbons (Fsp3) is 0.167. The third kappa shape index (κ3) is 1.82. The van der Waals surface area contributed by atoms with Gasteiger partial charge in [0.1, 0.15) is 11.6 Å². The Balaban J connectivity index is 2.58. The smallest absolute Gasteiger partial charge is 0.137 e. The normalized spacial score (nSPS) is 10.1. The lowest BCUT2D eigenvalue weighted by atomic mass is 10.0. The van der Waals surface area contributed by atoms with E-state index < -0.39 is 0 Å². The molecule has 2 aromatic heterocycles. The molecule has 2 N–H and O–H groups in total. The third-order valence-corrected chi connectivity index (χ3v) is 2.43. The van der Waals surface area contributed by atoms with Crippen LogP contribution in [0.15, 0.2) is 30.7 Å². The Hall–Kier alpha value is -2.10. The number of hydrogen-bond acceptors (Lipinski definition) is 4. The maximum Gasteiger partial charge on any atom is 0.137 e. The molecule has 0 saturated carbocycles. The SMILES string of the molecule is COc1cncc(-c2c(C)ccnc2N)c1. The van der Waals surface area contributed by atoms with Crippen molar-refractivity contribution in [2.45, 2.75) is 6.92 Å². The number of aromatic nitrogens is 2. The molecule has 4 heteroatoms. The molecule has 0 aliphatic rings. The van der Waals surface area contributed by atoms with Gasteiger partial charge in [-0.3, -0.25) is 4.98 Å². The molecule has 0 radical (unpaired) electrons. The van der Waals surface area contributed by atoms with Crippen LogP contribution in [-0.4, -0.2) is 17.1 Å². The largest absolute Gasteiger partial charge is 0.495 e. The molecule has 0 saturated heterocycles. The molecule has 0 bridgehead atoms. The molecule has 0 aliphatic carbocycles. The Labute approximate surface area is 94.1 Å². The van der Waals surface area contributed by atoms with Gasteiger partial charge in [0.2, 0.25) is 0 Å². The molecule has 0 atom stereocenters. The van der Waals surface area contributed by atoms with Crippen LogP contribution < -0.4 is 10.5 Å². The van der Waals surface area contributed by atoms with Gasteiger partial charge in [-0.05, 0) is 24.6 Å². The summed E-state index contributed by atoms with van der Waals surface area (Å²) in [7, 11) is 1.61. The van der Waals surface area contributed by atoms with Gasteiger partial charge in [-0.1, -0.05) is 0 Å². The number of pyridine rings is 2. The molecular formula is C12H13N3O. The van der Waals surface area contributed by atoms with Crippen molar-refractivity contribution in [2.75, 3.05) is 12.8 Å². The second-order valence-corrected chi connectivity index (χ2v) is 3.50. The van der Waals surface area contributed by atoms with E-state index in [-0.39, 0.29) is 0 Å². The van der Waals surface area contributed by atoms with Crippen LogP contribution in [0.3, 0.4) is 0 Å². The van der Waals surface area contributed by atoms with Crippen molar-refractivity contribution in [3.63, 3.8) is 0 Å². The number of aryl methyl sites for hydroxylation is 1. The van der Waals surface area contributed by atoms with E-state index in [0.29, 0.717) is 11.6 Å². The molecule has 16 heavy (non-hydrogen) atoms. The zero-order chi connectivity index (χ0) is 11.5. The Morgan fingerprint density at radius 3 is 2.81 bits per heavy atom. The fourth-order valence-electron chi connectivity index (χ4n) is 1.62. The molecule has 2 aromatic rings. The average Bonchev–Trinajstić information content (AvgIpc) is 2.29. The van der Waals surface area contributed by atoms with Gasteiger partial charge in [0.25, 0.3) is 0 Å². The van der Waals surface area contributed by atoms with Crippen molar-refractivity contribution in [3.05, 3.63) is 36.3 Å². The molecule has 0 unspecified atom stereocenters. The fourth-order valence-corrected chi connectivity index (χ4v) is 1.62. The van der Waals surface area contributed by atoms with Crippen LogP contribution in [0.2, 0.25) is 0 Å². The van der Waals surface area contributed by atoms with Gasteiger partial charge in [0.05, 0.1) is 13.3 Å². The van der Waals surface area contributed by atoms with Crippen molar-refractivity contribution in [2.24, 2.45) is 0 Å². The van der Waals surface area contributed by atoms with E-state index in [0.717, 1.165) is 16.7 Å². The highest BCUT2D eigenvalue weighted by molar-refractivity contribution is 5.76. The van der Waals surface area contributed by atoms with Gasteiger partial charge in [-0.25, -0.2) is 4.98 Å². The summed E-state index contributed by atoms with van der Waals surface area (Å²) in [6.45, 7) is 1.99. The highest BCUT2D eigenvalue weighted by atomic mass is 16.5. The van der Waals surface area contributed by atoms with Crippen LogP contribution in [-0.2, 0) is 0 Å². The summed E-state index contributed by atoms with van der Waals surface area (Å²) in [4.78, 5) is 8.19. The summed E-state index contributed by atoms with van der Waals surface area (Å²) in [6.07, 6.45) is 5.11. The van der Waals surface area contributed by atoms with Gasteiger partial charge < -0.3 is 10.5 Å². The molecule has 0 aromatic carbocycles. The highest BCUT2D eigenvalue weighted by Gasteiger charge is 2.08. The van der Waals surface area contributed by atoms with Gasteiger partial charge in [-0.15, -0.1) is 0 Å². The molecule has 82 valence electrons. The number of anilines is 1. The van der Waals surface area contributed by atoms with Crippen molar-refractivity contribution in [1.29, 1.82) is 0 Å². The van der Waals surface area contributed by atoms with Gasteiger partial charge >= 0.3 is 0 Å². The monoisotopic (exact) mass is 215 g/mol. The van der Waals surface area contributed by atoms with Crippen LogP contribution in [0.25, 0.3) is 11.1 Å². The standard InChI is InChI=1S/C12H13N3O/c1-8-3-4-15-12(13)11(8)9-5-10(16-2)7-14-6-9/h3-7H,1-2H3,(H2,13,15). The third-order valence-electron chi connectivity index (χ3n) is 2.43. The van der Waals surface area contributed by atoms with Crippen molar-refractivity contribution >= 4 is 5.82 Å². The predicted octanol–water partition coefficient (Wildman–Crippen LogP) is 2.04. The second kappa shape index (κ2) is 4.18. The van der Waals surface area contributed by atoms with Gasteiger partial charge in [-0.2, -0.15) is 0 Å². The van der Waals surface area contributed by atoms with E-state index in [2.05, 4.69) is 9.97 Å². The van der Waals surface area contributed by atoms with E-state index in [1.165, 1.54) is 0 Å². The number of hydrogen-bond donors (Lipinski definition) is 1. The minimum atomic E-state index is 0.509. The zero-order valence-electron chi connectivity index (χ0n) is 9.27. The summed E-state index contributed by atoms with van der Waals surface area (Å²) in [5.41, 5.74) is 8.77. The first-order chi connectivity index (χ1) is 7.72. The first kappa shape index (κ1) is 10.4.